The zero-order valence-electron chi connectivity index (χ0n) is 15.9. The smallest absolute Gasteiger partial charge is 0.271 e. The molecule has 13 heteroatoms. The monoisotopic (exact) mass is 465 g/mol. The van der Waals surface area contributed by atoms with Crippen molar-refractivity contribution in [2.45, 2.75) is 0 Å². The molecule has 162 valence electrons. The molecule has 3 rings (SSSR count). The first-order chi connectivity index (χ1) is 14.8. The van der Waals surface area contributed by atoms with Gasteiger partial charge in [0.25, 0.3) is 17.3 Å². The average molecular weight is 466 g/mol. The third kappa shape index (κ3) is 5.42. The molecule has 0 bridgehead atoms. The Hall–Kier alpha value is -3.35. The Morgan fingerprint density at radius 1 is 1.06 bits per heavy atom. The molecule has 1 aliphatic heterocycles. The van der Waals surface area contributed by atoms with Crippen molar-refractivity contribution >= 4 is 57.6 Å². The molecular weight excluding hydrogens is 450 g/mol. The number of carbonyl (C=O) groups is 1. The van der Waals surface area contributed by atoms with E-state index >= 15 is 0 Å². The number of anilines is 2. The van der Waals surface area contributed by atoms with E-state index < -0.39 is 15.8 Å². The topological polar surface area (TPSA) is 140 Å². The van der Waals surface area contributed by atoms with E-state index in [4.69, 9.17) is 28.6 Å². The van der Waals surface area contributed by atoms with Crippen LogP contribution >= 0.6 is 23.8 Å². The number of thiocarbonyl (C=S) groups is 1. The molecule has 1 aliphatic rings. The van der Waals surface area contributed by atoms with Crippen molar-refractivity contribution in [2.75, 3.05) is 36.5 Å². The lowest BCUT2D eigenvalue weighted by molar-refractivity contribution is -0.385. The minimum atomic E-state index is -0.677. The molecule has 0 aliphatic carbocycles. The first kappa shape index (κ1) is 22.3. The second-order valence-electron chi connectivity index (χ2n) is 6.39. The van der Waals surface area contributed by atoms with Crippen LogP contribution in [0.15, 0.2) is 36.4 Å². The average Bonchev–Trinajstić information content (AvgIpc) is 2.75. The number of carbonyl (C=O) groups excluding carboxylic acids is 1. The van der Waals surface area contributed by atoms with Crippen molar-refractivity contribution in [3.63, 3.8) is 0 Å². The van der Waals surface area contributed by atoms with Crippen molar-refractivity contribution in [1.29, 1.82) is 0 Å². The number of benzene rings is 2. The van der Waals surface area contributed by atoms with Crippen LogP contribution in [0.1, 0.15) is 10.4 Å². The minimum Gasteiger partial charge on any atom is -0.378 e. The molecule has 0 saturated carbocycles. The van der Waals surface area contributed by atoms with Crippen LogP contribution in [0.4, 0.5) is 22.7 Å². The highest BCUT2D eigenvalue weighted by atomic mass is 35.5. The summed E-state index contributed by atoms with van der Waals surface area (Å²) in [7, 11) is 0. The zero-order valence-corrected chi connectivity index (χ0v) is 17.4. The molecule has 2 N–H and O–H groups in total. The van der Waals surface area contributed by atoms with Crippen molar-refractivity contribution < 1.29 is 19.4 Å². The summed E-state index contributed by atoms with van der Waals surface area (Å²) in [6.45, 7) is 1.96. The van der Waals surface area contributed by atoms with Gasteiger partial charge >= 0.3 is 0 Å². The van der Waals surface area contributed by atoms with Crippen molar-refractivity contribution in [3.8, 4) is 0 Å². The molecule has 2 aromatic rings. The highest BCUT2D eigenvalue weighted by Crippen LogP contribution is 2.28. The first-order valence-corrected chi connectivity index (χ1v) is 9.72. The van der Waals surface area contributed by atoms with E-state index in [-0.39, 0.29) is 32.8 Å². The van der Waals surface area contributed by atoms with Crippen molar-refractivity contribution in [3.05, 3.63) is 67.2 Å². The number of nitrogens with one attached hydrogen (secondary N) is 2. The number of amides is 1. The Labute approximate surface area is 186 Å². The van der Waals surface area contributed by atoms with Crippen LogP contribution in [0.5, 0.6) is 0 Å². The summed E-state index contributed by atoms with van der Waals surface area (Å²) in [5, 5.41) is 27.2. The number of nitro groups is 2. The van der Waals surface area contributed by atoms with E-state index in [1.165, 1.54) is 36.4 Å². The molecule has 1 saturated heterocycles. The lowest BCUT2D eigenvalue weighted by Gasteiger charge is -2.30. The van der Waals surface area contributed by atoms with Crippen LogP contribution in [0.2, 0.25) is 5.02 Å². The summed E-state index contributed by atoms with van der Waals surface area (Å²) in [5.74, 6) is -0.677. The molecule has 0 unspecified atom stereocenters. The fourth-order valence-electron chi connectivity index (χ4n) is 2.95. The molecule has 0 aromatic heterocycles. The van der Waals surface area contributed by atoms with E-state index in [1.54, 1.807) is 0 Å². The van der Waals surface area contributed by atoms with Crippen LogP contribution < -0.4 is 15.5 Å². The number of hydrogen-bond acceptors (Lipinski definition) is 8. The number of ether oxygens (including phenoxy) is 1. The molecule has 1 amide bonds. The SMILES string of the molecule is O=C(NC(=S)Nc1cc([N+](=O)[O-])ccc1Cl)c1cc([N+](=O)[O-])ccc1N1CCOCC1. The fourth-order valence-corrected chi connectivity index (χ4v) is 3.31. The van der Waals surface area contributed by atoms with Gasteiger partial charge in [-0.05, 0) is 24.4 Å². The van der Waals surface area contributed by atoms with E-state index in [1.807, 2.05) is 4.90 Å². The van der Waals surface area contributed by atoms with E-state index in [2.05, 4.69) is 10.6 Å². The number of nitrogens with zero attached hydrogens (tertiary/aromatic N) is 3. The van der Waals surface area contributed by atoms with Gasteiger partial charge < -0.3 is 15.0 Å². The Kier molecular flexibility index (Phi) is 6.95. The number of non-ortho nitro benzene ring substituents is 2. The van der Waals surface area contributed by atoms with Crippen molar-refractivity contribution in [1.82, 2.24) is 5.32 Å². The minimum absolute atomic E-state index is 0.0605. The molecule has 31 heavy (non-hydrogen) atoms. The first-order valence-electron chi connectivity index (χ1n) is 8.93. The highest BCUT2D eigenvalue weighted by Gasteiger charge is 2.23. The predicted octanol–water partition coefficient (Wildman–Crippen LogP) is 3.12. The maximum atomic E-state index is 12.9. The Balaban J connectivity index is 1.82. The quantitative estimate of drug-likeness (QED) is 0.387. The summed E-state index contributed by atoms with van der Waals surface area (Å²) in [6, 6.07) is 7.72. The van der Waals surface area contributed by atoms with E-state index in [0.29, 0.717) is 32.0 Å². The number of nitro benzene ring substituents is 2. The molecule has 0 spiro atoms. The molecule has 1 heterocycles. The second kappa shape index (κ2) is 9.64. The normalized spacial score (nSPS) is 13.4. The van der Waals surface area contributed by atoms with Gasteiger partial charge in [0, 0.05) is 37.4 Å². The van der Waals surface area contributed by atoms with Crippen LogP contribution in [0.3, 0.4) is 0 Å². The number of hydrogen-bond donors (Lipinski definition) is 2. The van der Waals surface area contributed by atoms with Crippen LogP contribution in [-0.4, -0.2) is 47.2 Å². The summed E-state index contributed by atoms with van der Waals surface area (Å²) in [5.41, 5.74) is 0.235. The van der Waals surface area contributed by atoms with E-state index in [9.17, 15) is 25.0 Å². The van der Waals surface area contributed by atoms with Gasteiger partial charge in [0.15, 0.2) is 5.11 Å². The zero-order chi connectivity index (χ0) is 22.5. The van der Waals surface area contributed by atoms with Gasteiger partial charge in [-0.15, -0.1) is 0 Å². The molecular formula is C18H16ClN5O6S. The number of halogens is 1. The summed E-state index contributed by atoms with van der Waals surface area (Å²) < 4.78 is 5.31. The highest BCUT2D eigenvalue weighted by molar-refractivity contribution is 7.80. The molecule has 2 aromatic carbocycles. The fraction of sp³-hybridized carbons (Fsp3) is 0.222. The molecule has 0 radical (unpaired) electrons. The summed E-state index contributed by atoms with van der Waals surface area (Å²) in [4.78, 5) is 35.7. The lowest BCUT2D eigenvalue weighted by atomic mass is 10.1. The van der Waals surface area contributed by atoms with Gasteiger partial charge in [-0.1, -0.05) is 11.6 Å². The van der Waals surface area contributed by atoms with Gasteiger partial charge in [0.2, 0.25) is 0 Å². The Morgan fingerprint density at radius 3 is 2.32 bits per heavy atom. The van der Waals surface area contributed by atoms with Gasteiger partial charge in [-0.3, -0.25) is 30.3 Å². The van der Waals surface area contributed by atoms with Gasteiger partial charge in [0.05, 0.1) is 45.0 Å². The number of morpholine rings is 1. The van der Waals surface area contributed by atoms with Gasteiger partial charge in [-0.2, -0.15) is 0 Å². The maximum absolute atomic E-state index is 12.9. The van der Waals surface area contributed by atoms with Crippen molar-refractivity contribution in [2.24, 2.45) is 0 Å². The van der Waals surface area contributed by atoms with Crippen LogP contribution in [0.25, 0.3) is 0 Å². The second-order valence-corrected chi connectivity index (χ2v) is 7.20. The maximum Gasteiger partial charge on any atom is 0.271 e. The summed E-state index contributed by atoms with van der Waals surface area (Å²) >= 11 is 11.2. The Morgan fingerprint density at radius 2 is 1.68 bits per heavy atom. The molecule has 11 nitrogen and oxygen atoms in total. The third-order valence-corrected chi connectivity index (χ3v) is 4.96. The largest absolute Gasteiger partial charge is 0.378 e. The predicted molar refractivity (Wildman–Crippen MR) is 118 cm³/mol. The Bertz CT molecular complexity index is 1060. The standard InChI is InChI=1S/C18H16ClN5O6S/c19-14-3-1-12(24(28)29)10-15(14)20-18(31)21-17(25)13-9-11(23(26)27)2-4-16(13)22-5-7-30-8-6-22/h1-4,9-10H,5-8H2,(H2,20,21,25,31). The lowest BCUT2D eigenvalue weighted by Crippen LogP contribution is -2.39. The van der Waals surface area contributed by atoms with Crippen LogP contribution in [0, 0.1) is 20.2 Å². The molecule has 1 fully saturated rings. The van der Waals surface area contributed by atoms with E-state index in [0.717, 1.165) is 0 Å². The van der Waals surface area contributed by atoms with Gasteiger partial charge in [0.1, 0.15) is 0 Å². The van der Waals surface area contributed by atoms with Crippen LogP contribution in [-0.2, 0) is 4.74 Å². The number of rotatable bonds is 5. The summed E-state index contributed by atoms with van der Waals surface area (Å²) in [6.07, 6.45) is 0. The van der Waals surface area contributed by atoms with Gasteiger partial charge in [-0.25, -0.2) is 0 Å². The molecule has 0 atom stereocenters. The third-order valence-electron chi connectivity index (χ3n) is 4.42.